The second kappa shape index (κ2) is 7.63. The number of benzene rings is 1. The maximum atomic E-state index is 11.6. The molecule has 1 fully saturated rings. The Labute approximate surface area is 168 Å². The summed E-state index contributed by atoms with van der Waals surface area (Å²) in [7, 11) is 1.87. The first kappa shape index (κ1) is 19.1. The van der Waals surface area contributed by atoms with Crippen molar-refractivity contribution in [1.29, 1.82) is 0 Å². The van der Waals surface area contributed by atoms with Gasteiger partial charge in [-0.15, -0.1) is 5.10 Å². The van der Waals surface area contributed by atoms with E-state index in [1.165, 1.54) is 5.56 Å². The number of nitrogens with zero attached hydrogens (tertiary/aromatic N) is 5. The van der Waals surface area contributed by atoms with Gasteiger partial charge >= 0.3 is 0 Å². The minimum Gasteiger partial charge on any atom is -0.365 e. The number of primary amides is 1. The van der Waals surface area contributed by atoms with Crippen molar-refractivity contribution in [3.8, 4) is 11.3 Å². The van der Waals surface area contributed by atoms with E-state index in [2.05, 4.69) is 33.4 Å². The molecular formula is C21H23N6O2. The summed E-state index contributed by atoms with van der Waals surface area (Å²) in [4.78, 5) is 31.4. The molecule has 0 saturated carbocycles. The molecule has 1 saturated heterocycles. The van der Waals surface area contributed by atoms with E-state index in [4.69, 9.17) is 5.73 Å². The predicted molar refractivity (Wildman–Crippen MR) is 108 cm³/mol. The van der Waals surface area contributed by atoms with E-state index in [0.717, 1.165) is 37.3 Å². The highest BCUT2D eigenvalue weighted by atomic mass is 16.2. The number of rotatable bonds is 5. The summed E-state index contributed by atoms with van der Waals surface area (Å²) >= 11 is 0. The zero-order valence-corrected chi connectivity index (χ0v) is 16.5. The molecule has 1 aromatic carbocycles. The topological polar surface area (TPSA) is 96.8 Å². The second-order valence-electron chi connectivity index (χ2n) is 7.45. The molecule has 1 aliphatic rings. The van der Waals surface area contributed by atoms with Crippen molar-refractivity contribution in [3.05, 3.63) is 53.9 Å². The molecule has 8 nitrogen and oxygen atoms in total. The van der Waals surface area contributed by atoms with Gasteiger partial charge in [0, 0.05) is 45.2 Å². The normalized spacial score (nSPS) is 17.0. The van der Waals surface area contributed by atoms with E-state index < -0.39 is 5.91 Å². The molecule has 2 amide bonds. The molecule has 8 heteroatoms. The van der Waals surface area contributed by atoms with Gasteiger partial charge < -0.3 is 10.6 Å². The number of hydrogen-bond donors (Lipinski definition) is 1. The summed E-state index contributed by atoms with van der Waals surface area (Å²) < 4.78 is 1.58. The fourth-order valence-corrected chi connectivity index (χ4v) is 3.84. The molecule has 0 spiro atoms. The zero-order chi connectivity index (χ0) is 20.5. The first-order valence-electron chi connectivity index (χ1n) is 9.54. The SMILES string of the molecule is CC(=O)N(C)C1CCN(Cc2ccc(-c3ccc(C(N)=O)c4n[c]nn34)cc2)C1. The fraction of sp³-hybridized carbons (Fsp3) is 0.333. The Kier molecular flexibility index (Phi) is 5.02. The standard InChI is InChI=1S/C21H23N6O2/c1-14(28)25(2)17-9-10-26(12-17)11-15-3-5-16(6-4-15)19-8-7-18(20(22)29)21-23-13-24-27(19)21/h3-8,17H,9-12H2,1-2H3,(H2,22,29). The van der Waals surface area contributed by atoms with Gasteiger partial charge in [-0.25, -0.2) is 9.50 Å². The van der Waals surface area contributed by atoms with Gasteiger partial charge in [0.15, 0.2) is 5.65 Å². The van der Waals surface area contributed by atoms with Gasteiger partial charge in [-0.3, -0.25) is 14.5 Å². The third-order valence-electron chi connectivity index (χ3n) is 5.59. The number of fused-ring (bicyclic) bond motifs is 1. The average Bonchev–Trinajstić information content (AvgIpc) is 3.36. The molecule has 1 atom stereocenters. The third kappa shape index (κ3) is 3.71. The Morgan fingerprint density at radius 3 is 2.69 bits per heavy atom. The second-order valence-corrected chi connectivity index (χ2v) is 7.45. The number of carbonyl (C=O) groups is 2. The van der Waals surface area contributed by atoms with Crippen LogP contribution >= 0.6 is 0 Å². The molecule has 2 aromatic heterocycles. The molecule has 29 heavy (non-hydrogen) atoms. The van der Waals surface area contributed by atoms with E-state index in [1.807, 2.05) is 30.1 Å². The van der Waals surface area contributed by atoms with Gasteiger partial charge in [0.1, 0.15) is 0 Å². The van der Waals surface area contributed by atoms with Gasteiger partial charge in [-0.2, -0.15) is 0 Å². The maximum absolute atomic E-state index is 11.6. The number of amides is 2. The van der Waals surface area contributed by atoms with Crippen LogP contribution in [0.1, 0.15) is 29.3 Å². The van der Waals surface area contributed by atoms with E-state index in [0.29, 0.717) is 11.2 Å². The number of likely N-dealkylation sites (N-methyl/N-ethyl adjacent to an activating group) is 1. The van der Waals surface area contributed by atoms with Crippen LogP contribution in [0.15, 0.2) is 36.4 Å². The van der Waals surface area contributed by atoms with Gasteiger partial charge in [0.05, 0.1) is 11.3 Å². The fourth-order valence-electron chi connectivity index (χ4n) is 3.84. The third-order valence-corrected chi connectivity index (χ3v) is 5.59. The number of aromatic nitrogens is 3. The molecule has 149 valence electrons. The van der Waals surface area contributed by atoms with Crippen LogP contribution in [-0.4, -0.2) is 62.4 Å². The molecule has 2 N–H and O–H groups in total. The summed E-state index contributed by atoms with van der Waals surface area (Å²) in [6, 6.07) is 12.0. The van der Waals surface area contributed by atoms with Crippen molar-refractivity contribution < 1.29 is 9.59 Å². The molecule has 3 aromatic rings. The Hall–Kier alpha value is -3.26. The van der Waals surface area contributed by atoms with Crippen molar-refractivity contribution >= 4 is 17.5 Å². The number of likely N-dealkylation sites (tertiary alicyclic amines) is 1. The molecule has 1 radical (unpaired) electrons. The van der Waals surface area contributed by atoms with Gasteiger partial charge in [-0.1, -0.05) is 24.3 Å². The number of pyridine rings is 1. The van der Waals surface area contributed by atoms with Crippen LogP contribution < -0.4 is 5.73 Å². The highest BCUT2D eigenvalue weighted by Gasteiger charge is 2.26. The largest absolute Gasteiger partial charge is 0.365 e. The van der Waals surface area contributed by atoms with Crippen LogP contribution in [-0.2, 0) is 11.3 Å². The van der Waals surface area contributed by atoms with Crippen molar-refractivity contribution in [2.45, 2.75) is 25.9 Å². The lowest BCUT2D eigenvalue weighted by Gasteiger charge is -2.23. The van der Waals surface area contributed by atoms with Crippen molar-refractivity contribution in [2.24, 2.45) is 5.73 Å². The van der Waals surface area contributed by atoms with Gasteiger partial charge in [0.25, 0.3) is 5.91 Å². The van der Waals surface area contributed by atoms with Crippen LogP contribution in [0.25, 0.3) is 16.9 Å². The van der Waals surface area contributed by atoms with Crippen LogP contribution in [0.2, 0.25) is 0 Å². The first-order valence-corrected chi connectivity index (χ1v) is 9.54. The Morgan fingerprint density at radius 2 is 2.00 bits per heavy atom. The van der Waals surface area contributed by atoms with E-state index >= 15 is 0 Å². The quantitative estimate of drug-likeness (QED) is 0.708. The highest BCUT2D eigenvalue weighted by Crippen LogP contribution is 2.23. The average molecular weight is 391 g/mol. The van der Waals surface area contributed by atoms with Crippen molar-refractivity contribution in [3.63, 3.8) is 0 Å². The lowest BCUT2D eigenvalue weighted by atomic mass is 10.1. The Balaban J connectivity index is 1.50. The Morgan fingerprint density at radius 1 is 1.24 bits per heavy atom. The number of carbonyl (C=O) groups excluding carboxylic acids is 2. The van der Waals surface area contributed by atoms with Gasteiger partial charge in [-0.05, 0) is 24.1 Å². The molecule has 3 heterocycles. The summed E-state index contributed by atoms with van der Waals surface area (Å²) in [5, 5.41) is 4.12. The number of nitrogens with two attached hydrogens (primary N) is 1. The molecule has 1 unspecified atom stereocenters. The van der Waals surface area contributed by atoms with Crippen LogP contribution in [0, 0.1) is 6.33 Å². The summed E-state index contributed by atoms with van der Waals surface area (Å²) in [6.07, 6.45) is 3.55. The minimum absolute atomic E-state index is 0.111. The summed E-state index contributed by atoms with van der Waals surface area (Å²) in [5.41, 5.74) is 9.11. The summed E-state index contributed by atoms with van der Waals surface area (Å²) in [6.45, 7) is 4.33. The number of hydrogen-bond acceptors (Lipinski definition) is 5. The Bertz CT molecular complexity index is 1060. The van der Waals surface area contributed by atoms with Crippen LogP contribution in [0.3, 0.4) is 0 Å². The van der Waals surface area contributed by atoms with Crippen molar-refractivity contribution in [1.82, 2.24) is 24.4 Å². The summed E-state index contributed by atoms with van der Waals surface area (Å²) in [5.74, 6) is -0.433. The highest BCUT2D eigenvalue weighted by molar-refractivity contribution is 5.99. The van der Waals surface area contributed by atoms with Crippen LogP contribution in [0.4, 0.5) is 0 Å². The molecular weight excluding hydrogens is 368 g/mol. The maximum Gasteiger partial charge on any atom is 0.252 e. The predicted octanol–water partition coefficient (Wildman–Crippen LogP) is 1.35. The van der Waals surface area contributed by atoms with E-state index in [-0.39, 0.29) is 11.9 Å². The first-order chi connectivity index (χ1) is 13.9. The molecule has 4 rings (SSSR count). The van der Waals surface area contributed by atoms with Gasteiger partial charge in [0.2, 0.25) is 12.2 Å². The smallest absolute Gasteiger partial charge is 0.252 e. The van der Waals surface area contributed by atoms with E-state index in [9.17, 15) is 9.59 Å². The van der Waals surface area contributed by atoms with Crippen molar-refractivity contribution in [2.75, 3.05) is 20.1 Å². The monoisotopic (exact) mass is 391 g/mol. The molecule has 1 aliphatic heterocycles. The zero-order valence-electron chi connectivity index (χ0n) is 16.5. The molecule has 0 bridgehead atoms. The lowest BCUT2D eigenvalue weighted by molar-refractivity contribution is -0.129. The van der Waals surface area contributed by atoms with E-state index in [1.54, 1.807) is 17.5 Å². The van der Waals surface area contributed by atoms with Crippen LogP contribution in [0.5, 0.6) is 0 Å². The minimum atomic E-state index is -0.544. The molecule has 0 aliphatic carbocycles. The lowest BCUT2D eigenvalue weighted by Crippen LogP contribution is -2.37.